The zero-order chi connectivity index (χ0) is 14.8. The van der Waals surface area contributed by atoms with E-state index in [1.54, 1.807) is 20.1 Å². The van der Waals surface area contributed by atoms with Crippen LogP contribution in [0.1, 0.15) is 37.8 Å². The molecule has 0 aliphatic heterocycles. The van der Waals surface area contributed by atoms with Crippen LogP contribution in [0.2, 0.25) is 5.02 Å². The van der Waals surface area contributed by atoms with E-state index in [-0.39, 0.29) is 16.9 Å². The molecule has 0 heterocycles. The second kappa shape index (κ2) is 10.2. The molecule has 4 heteroatoms. The van der Waals surface area contributed by atoms with Crippen molar-refractivity contribution in [1.29, 1.82) is 0 Å². The van der Waals surface area contributed by atoms with Gasteiger partial charge in [0.25, 0.3) is 0 Å². The molecule has 0 bridgehead atoms. The van der Waals surface area contributed by atoms with Crippen LogP contribution in [0.5, 0.6) is 0 Å². The highest BCUT2D eigenvalue weighted by Gasteiger charge is 2.07. The SMILES string of the molecule is CC.COC[C@H](N)CCCc1cc(C)c(F)c(Cl)c1. The normalized spacial score (nSPS) is 11.7. The minimum atomic E-state index is -0.327. The Kier molecular flexibility index (Phi) is 9.84. The molecule has 0 aliphatic carbocycles. The predicted molar refractivity (Wildman–Crippen MR) is 80.3 cm³/mol. The summed E-state index contributed by atoms with van der Waals surface area (Å²) in [5.74, 6) is -0.327. The third-order valence-electron chi connectivity index (χ3n) is 2.69. The van der Waals surface area contributed by atoms with Crippen molar-refractivity contribution in [1.82, 2.24) is 0 Å². The van der Waals surface area contributed by atoms with E-state index in [0.29, 0.717) is 12.2 Å². The average Bonchev–Trinajstić information content (AvgIpc) is 2.38. The molecule has 1 atom stereocenters. The number of benzene rings is 1. The fourth-order valence-corrected chi connectivity index (χ4v) is 2.10. The molecule has 0 unspecified atom stereocenters. The quantitative estimate of drug-likeness (QED) is 0.855. The summed E-state index contributed by atoms with van der Waals surface area (Å²) in [6, 6.07) is 3.59. The molecular formula is C15H25ClFNO. The summed E-state index contributed by atoms with van der Waals surface area (Å²) in [4.78, 5) is 0. The Balaban J connectivity index is 0.00000154. The molecular weight excluding hydrogens is 265 g/mol. The number of rotatable bonds is 6. The Morgan fingerprint density at radius 1 is 1.37 bits per heavy atom. The summed E-state index contributed by atoms with van der Waals surface area (Å²) < 4.78 is 18.3. The van der Waals surface area contributed by atoms with E-state index in [1.807, 2.05) is 19.9 Å². The van der Waals surface area contributed by atoms with Crippen molar-refractivity contribution < 1.29 is 9.13 Å². The minimum Gasteiger partial charge on any atom is -0.383 e. The van der Waals surface area contributed by atoms with Crippen molar-refractivity contribution in [3.05, 3.63) is 34.1 Å². The molecule has 0 amide bonds. The summed E-state index contributed by atoms with van der Waals surface area (Å²) >= 11 is 5.79. The molecule has 1 rings (SSSR count). The maximum atomic E-state index is 13.3. The summed E-state index contributed by atoms with van der Waals surface area (Å²) in [6.07, 6.45) is 2.70. The standard InChI is InChI=1S/C13H19ClFNO.C2H6/c1-9-6-10(7-12(14)13(9)15)4-3-5-11(16)8-17-2;1-2/h6-7,11H,3-5,8,16H2,1-2H3;1-2H3/t11-;/m1./s1. The molecule has 1 aromatic rings. The largest absolute Gasteiger partial charge is 0.383 e. The predicted octanol–water partition coefficient (Wildman–Crippen LogP) is 4.11. The summed E-state index contributed by atoms with van der Waals surface area (Å²) in [6.45, 7) is 6.30. The molecule has 0 aliphatic rings. The second-order valence-electron chi connectivity index (χ2n) is 4.32. The lowest BCUT2D eigenvalue weighted by molar-refractivity contribution is 0.176. The van der Waals surface area contributed by atoms with E-state index >= 15 is 0 Å². The summed E-state index contributed by atoms with van der Waals surface area (Å²) in [5.41, 5.74) is 7.47. The lowest BCUT2D eigenvalue weighted by atomic mass is 10.0. The number of halogens is 2. The zero-order valence-corrected chi connectivity index (χ0v) is 13.1. The van der Waals surface area contributed by atoms with Gasteiger partial charge in [0.2, 0.25) is 0 Å². The van der Waals surface area contributed by atoms with E-state index in [9.17, 15) is 4.39 Å². The number of ether oxygens (including phenoxy) is 1. The van der Waals surface area contributed by atoms with Crippen LogP contribution < -0.4 is 5.73 Å². The van der Waals surface area contributed by atoms with Gasteiger partial charge in [-0.25, -0.2) is 4.39 Å². The third kappa shape index (κ3) is 6.90. The van der Waals surface area contributed by atoms with E-state index in [1.165, 1.54) is 0 Å². The first-order chi connectivity index (χ1) is 9.04. The van der Waals surface area contributed by atoms with Crippen molar-refractivity contribution in [3.8, 4) is 0 Å². The fraction of sp³-hybridized carbons (Fsp3) is 0.600. The second-order valence-corrected chi connectivity index (χ2v) is 4.72. The van der Waals surface area contributed by atoms with Gasteiger partial charge in [-0.15, -0.1) is 0 Å². The van der Waals surface area contributed by atoms with E-state index in [2.05, 4.69) is 0 Å². The van der Waals surface area contributed by atoms with Gasteiger partial charge in [0.1, 0.15) is 5.82 Å². The van der Waals surface area contributed by atoms with Crippen LogP contribution in [0.3, 0.4) is 0 Å². The van der Waals surface area contributed by atoms with E-state index in [0.717, 1.165) is 24.8 Å². The molecule has 0 radical (unpaired) electrons. The number of aryl methyl sites for hydroxylation is 2. The van der Waals surface area contributed by atoms with Gasteiger partial charge < -0.3 is 10.5 Å². The maximum Gasteiger partial charge on any atom is 0.144 e. The third-order valence-corrected chi connectivity index (χ3v) is 2.97. The lowest BCUT2D eigenvalue weighted by Crippen LogP contribution is -2.25. The lowest BCUT2D eigenvalue weighted by Gasteiger charge is -2.10. The van der Waals surface area contributed by atoms with Gasteiger partial charge in [-0.05, 0) is 43.4 Å². The highest BCUT2D eigenvalue weighted by atomic mass is 35.5. The molecule has 2 N–H and O–H groups in total. The van der Waals surface area contributed by atoms with E-state index < -0.39 is 0 Å². The highest BCUT2D eigenvalue weighted by molar-refractivity contribution is 6.30. The van der Waals surface area contributed by atoms with Crippen LogP contribution in [0.15, 0.2) is 12.1 Å². The van der Waals surface area contributed by atoms with Crippen molar-refractivity contribution in [2.24, 2.45) is 5.73 Å². The van der Waals surface area contributed by atoms with Crippen LogP contribution in [0, 0.1) is 12.7 Å². The van der Waals surface area contributed by atoms with Gasteiger partial charge in [-0.1, -0.05) is 31.5 Å². The van der Waals surface area contributed by atoms with Crippen LogP contribution >= 0.6 is 11.6 Å². The Morgan fingerprint density at radius 2 is 2.00 bits per heavy atom. The van der Waals surface area contributed by atoms with Crippen LogP contribution in [0.4, 0.5) is 4.39 Å². The summed E-state index contributed by atoms with van der Waals surface area (Å²) in [7, 11) is 1.64. The molecule has 2 nitrogen and oxygen atoms in total. The molecule has 110 valence electrons. The van der Waals surface area contributed by atoms with Gasteiger partial charge in [0.15, 0.2) is 0 Å². The van der Waals surface area contributed by atoms with Gasteiger partial charge in [0.05, 0.1) is 11.6 Å². The van der Waals surface area contributed by atoms with Gasteiger partial charge in [0, 0.05) is 13.2 Å². The molecule has 0 aromatic heterocycles. The Labute approximate surface area is 121 Å². The first kappa shape index (κ1) is 18.4. The Hall–Kier alpha value is -0.640. The number of hydrogen-bond donors (Lipinski definition) is 1. The van der Waals surface area contributed by atoms with Crippen LogP contribution in [-0.2, 0) is 11.2 Å². The fourth-order valence-electron chi connectivity index (χ4n) is 1.81. The van der Waals surface area contributed by atoms with Gasteiger partial charge in [-0.3, -0.25) is 0 Å². The molecule has 0 saturated heterocycles. The minimum absolute atomic E-state index is 0.0667. The average molecular weight is 290 g/mol. The van der Waals surface area contributed by atoms with Crippen LogP contribution in [-0.4, -0.2) is 19.8 Å². The smallest absolute Gasteiger partial charge is 0.144 e. The number of methoxy groups -OCH3 is 1. The van der Waals surface area contributed by atoms with Crippen LogP contribution in [0.25, 0.3) is 0 Å². The van der Waals surface area contributed by atoms with E-state index in [4.69, 9.17) is 22.1 Å². The van der Waals surface area contributed by atoms with Crippen molar-refractivity contribution in [2.75, 3.05) is 13.7 Å². The van der Waals surface area contributed by atoms with Gasteiger partial charge >= 0.3 is 0 Å². The highest BCUT2D eigenvalue weighted by Crippen LogP contribution is 2.21. The topological polar surface area (TPSA) is 35.2 Å². The van der Waals surface area contributed by atoms with Crippen molar-refractivity contribution >= 4 is 11.6 Å². The van der Waals surface area contributed by atoms with Crippen molar-refractivity contribution in [2.45, 2.75) is 46.1 Å². The first-order valence-corrected chi connectivity index (χ1v) is 7.11. The molecule has 1 aromatic carbocycles. The summed E-state index contributed by atoms with van der Waals surface area (Å²) in [5, 5.41) is 0.196. The maximum absolute atomic E-state index is 13.3. The number of nitrogens with two attached hydrogens (primary N) is 1. The van der Waals surface area contributed by atoms with Gasteiger partial charge in [-0.2, -0.15) is 0 Å². The molecule has 0 saturated carbocycles. The molecule has 0 spiro atoms. The first-order valence-electron chi connectivity index (χ1n) is 6.73. The van der Waals surface area contributed by atoms with Crippen molar-refractivity contribution in [3.63, 3.8) is 0 Å². The Bertz CT molecular complexity index is 348. The number of hydrogen-bond acceptors (Lipinski definition) is 2. The zero-order valence-electron chi connectivity index (χ0n) is 12.3. The molecule has 19 heavy (non-hydrogen) atoms. The molecule has 0 fully saturated rings. The monoisotopic (exact) mass is 289 g/mol. The Morgan fingerprint density at radius 3 is 2.53 bits per heavy atom.